The van der Waals surface area contributed by atoms with Crippen molar-refractivity contribution >= 4 is 22.5 Å². The Hall–Kier alpha value is -2.62. The zero-order chi connectivity index (χ0) is 13.2. The lowest BCUT2D eigenvalue weighted by Gasteiger charge is -2.05. The summed E-state index contributed by atoms with van der Waals surface area (Å²) in [5, 5.41) is 3.95. The van der Waals surface area contributed by atoms with E-state index >= 15 is 0 Å². The fourth-order valence-electron chi connectivity index (χ4n) is 2.04. The summed E-state index contributed by atoms with van der Waals surface area (Å²) in [5.41, 5.74) is 2.37. The largest absolute Gasteiger partial charge is 0.351 e. The highest BCUT2D eigenvalue weighted by atomic mass is 16.1. The highest BCUT2D eigenvalue weighted by Gasteiger charge is 2.08. The summed E-state index contributed by atoms with van der Waals surface area (Å²) in [4.78, 5) is 16.1. The number of aromatic nitrogens is 2. The van der Waals surface area contributed by atoms with Crippen molar-refractivity contribution in [3.05, 3.63) is 60.6 Å². The molecule has 3 rings (SSSR count). The normalized spacial score (nSPS) is 10.6. The van der Waals surface area contributed by atoms with Crippen molar-refractivity contribution in [3.8, 4) is 0 Å². The molecule has 1 amide bonds. The third-order valence-electron chi connectivity index (χ3n) is 3.07. The number of carbonyl (C=O) groups is 1. The molecule has 2 heterocycles. The standard InChI is InChI=1S/C15H13N3O/c1-18-8-6-11-4-5-12(9-14(11)18)15(19)17-13-3-2-7-16-10-13/h2-10H,1H3,(H,17,19). The molecular weight excluding hydrogens is 238 g/mol. The number of hydrogen-bond acceptors (Lipinski definition) is 2. The van der Waals surface area contributed by atoms with E-state index in [1.54, 1.807) is 18.5 Å². The van der Waals surface area contributed by atoms with Crippen LogP contribution in [0.15, 0.2) is 55.0 Å². The monoisotopic (exact) mass is 251 g/mol. The first-order valence-corrected chi connectivity index (χ1v) is 6.00. The van der Waals surface area contributed by atoms with E-state index in [4.69, 9.17) is 0 Å². The van der Waals surface area contributed by atoms with Gasteiger partial charge in [-0.25, -0.2) is 0 Å². The Labute approximate surface area is 110 Å². The fraction of sp³-hybridized carbons (Fsp3) is 0.0667. The van der Waals surface area contributed by atoms with Gasteiger partial charge in [0, 0.05) is 30.5 Å². The summed E-state index contributed by atoms with van der Waals surface area (Å²) in [6.45, 7) is 0. The summed E-state index contributed by atoms with van der Waals surface area (Å²) in [6.07, 6.45) is 5.28. The number of anilines is 1. The van der Waals surface area contributed by atoms with Crippen molar-refractivity contribution in [2.24, 2.45) is 7.05 Å². The van der Waals surface area contributed by atoms with Crippen molar-refractivity contribution in [2.75, 3.05) is 5.32 Å². The number of aryl methyl sites for hydroxylation is 1. The predicted octanol–water partition coefficient (Wildman–Crippen LogP) is 2.83. The molecule has 0 aliphatic rings. The smallest absolute Gasteiger partial charge is 0.255 e. The quantitative estimate of drug-likeness (QED) is 0.761. The average Bonchev–Trinajstić information content (AvgIpc) is 2.81. The maximum Gasteiger partial charge on any atom is 0.255 e. The molecule has 0 saturated heterocycles. The highest BCUT2D eigenvalue weighted by molar-refractivity contribution is 6.06. The Bertz CT molecular complexity index is 731. The van der Waals surface area contributed by atoms with E-state index in [2.05, 4.69) is 10.3 Å². The molecular formula is C15H13N3O. The number of pyridine rings is 1. The van der Waals surface area contributed by atoms with Crippen LogP contribution in [0.4, 0.5) is 5.69 Å². The van der Waals surface area contributed by atoms with E-state index in [-0.39, 0.29) is 5.91 Å². The van der Waals surface area contributed by atoms with Crippen molar-refractivity contribution in [3.63, 3.8) is 0 Å². The van der Waals surface area contributed by atoms with Crippen molar-refractivity contribution in [2.45, 2.75) is 0 Å². The van der Waals surface area contributed by atoms with Gasteiger partial charge in [0.15, 0.2) is 0 Å². The van der Waals surface area contributed by atoms with Gasteiger partial charge < -0.3 is 9.88 Å². The van der Waals surface area contributed by atoms with E-state index in [0.29, 0.717) is 11.3 Å². The summed E-state index contributed by atoms with van der Waals surface area (Å²) in [7, 11) is 1.96. The molecule has 0 radical (unpaired) electrons. The Morgan fingerprint density at radius 2 is 2.16 bits per heavy atom. The molecule has 1 aromatic carbocycles. The van der Waals surface area contributed by atoms with Crippen molar-refractivity contribution in [1.29, 1.82) is 0 Å². The van der Waals surface area contributed by atoms with Crippen LogP contribution in [0, 0.1) is 0 Å². The van der Waals surface area contributed by atoms with Gasteiger partial charge in [-0.3, -0.25) is 9.78 Å². The number of carbonyl (C=O) groups excluding carboxylic acids is 1. The zero-order valence-electron chi connectivity index (χ0n) is 10.5. The lowest BCUT2D eigenvalue weighted by atomic mass is 10.1. The molecule has 3 aromatic rings. The van der Waals surface area contributed by atoms with Crippen LogP contribution in [0.1, 0.15) is 10.4 Å². The molecule has 1 N–H and O–H groups in total. The summed E-state index contributed by atoms with van der Waals surface area (Å²) in [6, 6.07) is 11.3. The van der Waals surface area contributed by atoms with E-state index in [9.17, 15) is 4.79 Å². The molecule has 4 nitrogen and oxygen atoms in total. The first-order valence-electron chi connectivity index (χ1n) is 6.00. The van der Waals surface area contributed by atoms with Gasteiger partial charge >= 0.3 is 0 Å². The van der Waals surface area contributed by atoms with Gasteiger partial charge in [-0.15, -0.1) is 0 Å². The lowest BCUT2D eigenvalue weighted by molar-refractivity contribution is 0.102. The molecule has 19 heavy (non-hydrogen) atoms. The lowest BCUT2D eigenvalue weighted by Crippen LogP contribution is -2.11. The number of benzene rings is 1. The Kier molecular flexibility index (Phi) is 2.76. The second-order valence-electron chi connectivity index (χ2n) is 4.40. The third kappa shape index (κ3) is 2.20. The highest BCUT2D eigenvalue weighted by Crippen LogP contribution is 2.17. The minimum Gasteiger partial charge on any atom is -0.351 e. The van der Waals surface area contributed by atoms with Crippen LogP contribution in [0.25, 0.3) is 10.9 Å². The molecule has 0 aliphatic heterocycles. The maximum absolute atomic E-state index is 12.1. The van der Waals surface area contributed by atoms with Crippen molar-refractivity contribution in [1.82, 2.24) is 9.55 Å². The SMILES string of the molecule is Cn1ccc2ccc(C(=O)Nc3cccnc3)cc21. The molecule has 0 saturated carbocycles. The van der Waals surface area contributed by atoms with Gasteiger partial charge in [0.1, 0.15) is 0 Å². The number of fused-ring (bicyclic) bond motifs is 1. The van der Waals surface area contributed by atoms with Gasteiger partial charge in [0.25, 0.3) is 5.91 Å². The number of rotatable bonds is 2. The molecule has 0 bridgehead atoms. The number of nitrogens with one attached hydrogen (secondary N) is 1. The molecule has 0 aliphatic carbocycles. The van der Waals surface area contributed by atoms with Crippen LogP contribution >= 0.6 is 0 Å². The first-order chi connectivity index (χ1) is 9.24. The first kappa shape index (κ1) is 11.5. The summed E-state index contributed by atoms with van der Waals surface area (Å²) in [5.74, 6) is -0.129. The number of hydrogen-bond donors (Lipinski definition) is 1. The topological polar surface area (TPSA) is 46.9 Å². The maximum atomic E-state index is 12.1. The van der Waals surface area contributed by atoms with E-state index in [1.807, 2.05) is 48.1 Å². The van der Waals surface area contributed by atoms with Crippen LogP contribution < -0.4 is 5.32 Å². The third-order valence-corrected chi connectivity index (χ3v) is 3.07. The molecule has 94 valence electrons. The number of nitrogens with zero attached hydrogens (tertiary/aromatic N) is 2. The molecule has 0 unspecified atom stereocenters. The van der Waals surface area contributed by atoms with Gasteiger partial charge in [0.2, 0.25) is 0 Å². The van der Waals surface area contributed by atoms with Crippen LogP contribution in [0.2, 0.25) is 0 Å². The van der Waals surface area contributed by atoms with Crippen LogP contribution in [0.5, 0.6) is 0 Å². The second kappa shape index (κ2) is 4.57. The fourth-order valence-corrected chi connectivity index (χ4v) is 2.04. The van der Waals surface area contributed by atoms with Crippen molar-refractivity contribution < 1.29 is 4.79 Å². The minimum absolute atomic E-state index is 0.129. The van der Waals surface area contributed by atoms with Gasteiger partial charge in [-0.05, 0) is 35.7 Å². The van der Waals surface area contributed by atoms with E-state index in [0.717, 1.165) is 10.9 Å². The zero-order valence-corrected chi connectivity index (χ0v) is 10.5. The molecule has 2 aromatic heterocycles. The Morgan fingerprint density at radius 3 is 2.95 bits per heavy atom. The summed E-state index contributed by atoms with van der Waals surface area (Å²) < 4.78 is 2.00. The van der Waals surface area contributed by atoms with Crippen LogP contribution in [0.3, 0.4) is 0 Å². The van der Waals surface area contributed by atoms with Crippen LogP contribution in [-0.2, 0) is 7.05 Å². The molecule has 0 atom stereocenters. The average molecular weight is 251 g/mol. The van der Waals surface area contributed by atoms with E-state index in [1.165, 1.54) is 0 Å². The number of amides is 1. The van der Waals surface area contributed by atoms with E-state index < -0.39 is 0 Å². The van der Waals surface area contributed by atoms with Gasteiger partial charge in [-0.2, -0.15) is 0 Å². The minimum atomic E-state index is -0.129. The molecule has 0 spiro atoms. The van der Waals surface area contributed by atoms with Gasteiger partial charge in [0.05, 0.1) is 11.9 Å². The Morgan fingerprint density at radius 1 is 1.26 bits per heavy atom. The Balaban J connectivity index is 1.91. The van der Waals surface area contributed by atoms with Gasteiger partial charge in [-0.1, -0.05) is 6.07 Å². The van der Waals surface area contributed by atoms with Crippen LogP contribution in [-0.4, -0.2) is 15.5 Å². The molecule has 4 heteroatoms. The summed E-state index contributed by atoms with van der Waals surface area (Å²) >= 11 is 0. The molecule has 0 fully saturated rings. The predicted molar refractivity (Wildman–Crippen MR) is 75.1 cm³/mol. The second-order valence-corrected chi connectivity index (χ2v) is 4.40.